The van der Waals surface area contributed by atoms with Gasteiger partial charge in [0.2, 0.25) is 0 Å². The molecule has 4 nitrogen and oxygen atoms in total. The number of fused-ring (bicyclic) bond motifs is 1. The lowest BCUT2D eigenvalue weighted by Crippen LogP contribution is -2.34. The summed E-state index contributed by atoms with van der Waals surface area (Å²) in [5.74, 6) is 0.790. The van der Waals surface area contributed by atoms with Gasteiger partial charge in [-0.25, -0.2) is 0 Å². The molecule has 0 fully saturated rings. The number of hydrogen-bond acceptors (Lipinski definition) is 3. The second kappa shape index (κ2) is 7.92. The van der Waals surface area contributed by atoms with E-state index >= 15 is 0 Å². The van der Waals surface area contributed by atoms with Gasteiger partial charge in [0, 0.05) is 17.5 Å². The molecule has 4 rings (SSSR count). The maximum atomic E-state index is 12.3. The fourth-order valence-electron chi connectivity index (χ4n) is 3.66. The Morgan fingerprint density at radius 2 is 1.79 bits per heavy atom. The van der Waals surface area contributed by atoms with Gasteiger partial charge in [-0.3, -0.25) is 9.59 Å². The lowest BCUT2D eigenvalue weighted by atomic mass is 9.95. The zero-order valence-electron chi connectivity index (χ0n) is 16.6. The summed E-state index contributed by atoms with van der Waals surface area (Å²) in [6.45, 7) is 4.02. The van der Waals surface area contributed by atoms with Crippen LogP contribution in [0.1, 0.15) is 38.8 Å². The van der Waals surface area contributed by atoms with Crippen LogP contribution in [-0.4, -0.2) is 24.3 Å². The average molecular weight is 385 g/mol. The molecule has 0 radical (unpaired) electrons. The Kier molecular flexibility index (Phi) is 5.17. The van der Waals surface area contributed by atoms with Gasteiger partial charge in [-0.2, -0.15) is 0 Å². The predicted molar refractivity (Wildman–Crippen MR) is 114 cm³/mol. The highest BCUT2D eigenvalue weighted by Gasteiger charge is 2.24. The van der Waals surface area contributed by atoms with E-state index in [1.54, 1.807) is 6.92 Å². The van der Waals surface area contributed by atoms with Crippen molar-refractivity contribution in [1.29, 1.82) is 0 Å². The first kappa shape index (κ1) is 18.9. The molecule has 0 bridgehead atoms. The highest BCUT2D eigenvalue weighted by molar-refractivity contribution is 6.00. The Morgan fingerprint density at radius 1 is 1.03 bits per heavy atom. The fraction of sp³-hybridized carbons (Fsp3) is 0.200. The van der Waals surface area contributed by atoms with Gasteiger partial charge >= 0.3 is 0 Å². The molecule has 1 atom stereocenters. The summed E-state index contributed by atoms with van der Waals surface area (Å²) in [7, 11) is 0. The van der Waals surface area contributed by atoms with Crippen LogP contribution in [0.4, 0.5) is 0 Å². The Balaban J connectivity index is 1.45. The van der Waals surface area contributed by atoms with Crippen molar-refractivity contribution in [3.05, 3.63) is 89.0 Å². The minimum absolute atomic E-state index is 0.0500. The van der Waals surface area contributed by atoms with E-state index in [9.17, 15) is 9.59 Å². The van der Waals surface area contributed by atoms with Crippen molar-refractivity contribution in [2.45, 2.75) is 26.4 Å². The molecule has 3 aromatic rings. The number of aryl methyl sites for hydroxylation is 1. The number of ketones is 1. The van der Waals surface area contributed by atoms with Crippen molar-refractivity contribution in [3.8, 4) is 16.9 Å². The Hall–Kier alpha value is -3.40. The highest BCUT2D eigenvalue weighted by atomic mass is 16.5. The monoisotopic (exact) mass is 385 g/mol. The zero-order chi connectivity index (χ0) is 20.4. The molecule has 146 valence electrons. The number of nitrogens with one attached hydrogen (secondary N) is 1. The maximum Gasteiger partial charge on any atom is 0.251 e. The number of benzene rings is 3. The number of hydrogen-bond donors (Lipinski definition) is 1. The van der Waals surface area contributed by atoms with Crippen LogP contribution in [0.5, 0.6) is 5.75 Å². The van der Waals surface area contributed by atoms with Crippen molar-refractivity contribution in [2.24, 2.45) is 0 Å². The van der Waals surface area contributed by atoms with Crippen molar-refractivity contribution in [3.63, 3.8) is 0 Å². The normalized spacial score (nSPS) is 14.8. The molecule has 0 aromatic heterocycles. The molecule has 1 amide bonds. The number of carbonyl (C=O) groups excluding carboxylic acids is 2. The smallest absolute Gasteiger partial charge is 0.251 e. The molecular weight excluding hydrogens is 362 g/mol. The number of rotatable bonds is 5. The van der Waals surface area contributed by atoms with Crippen molar-refractivity contribution in [2.75, 3.05) is 6.54 Å². The standard InChI is InChI=1S/C25H23NO3/c1-16-7-9-18(10-8-16)25(28)26-15-21-14-20-13-19(11-12-24(20)29-21)23-6-4-3-5-22(23)17(2)27/h3-13,21H,14-15H2,1-2H3,(H,26,28)/t21-/m1/s1. The average Bonchev–Trinajstić information content (AvgIpc) is 3.14. The fourth-order valence-corrected chi connectivity index (χ4v) is 3.66. The Bertz CT molecular complexity index is 1070. The third-order valence-electron chi connectivity index (χ3n) is 5.22. The second-order valence-corrected chi connectivity index (χ2v) is 7.44. The SMILES string of the molecule is CC(=O)c1ccccc1-c1ccc2c(c1)C[C@H](CNC(=O)c1ccc(C)cc1)O2. The minimum atomic E-state index is -0.0994. The summed E-state index contributed by atoms with van der Waals surface area (Å²) in [6, 6.07) is 21.2. The van der Waals surface area contributed by atoms with E-state index in [1.807, 2.05) is 67.6 Å². The van der Waals surface area contributed by atoms with Gasteiger partial charge in [-0.05, 0) is 54.8 Å². The number of carbonyl (C=O) groups is 2. The first-order valence-corrected chi connectivity index (χ1v) is 9.76. The predicted octanol–water partition coefficient (Wildman–Crippen LogP) is 4.60. The van der Waals surface area contributed by atoms with E-state index in [2.05, 4.69) is 11.4 Å². The van der Waals surface area contributed by atoms with Crippen LogP contribution in [0.25, 0.3) is 11.1 Å². The molecule has 1 N–H and O–H groups in total. The molecule has 1 heterocycles. The van der Waals surface area contributed by atoms with Crippen LogP contribution >= 0.6 is 0 Å². The third kappa shape index (κ3) is 4.06. The quantitative estimate of drug-likeness (QED) is 0.653. The first-order chi connectivity index (χ1) is 14.0. The summed E-state index contributed by atoms with van der Waals surface area (Å²) in [5.41, 5.74) is 5.51. The van der Waals surface area contributed by atoms with E-state index in [-0.39, 0.29) is 17.8 Å². The van der Waals surface area contributed by atoms with Gasteiger partial charge in [-0.1, -0.05) is 48.0 Å². The van der Waals surface area contributed by atoms with Gasteiger partial charge in [0.1, 0.15) is 11.9 Å². The van der Waals surface area contributed by atoms with Crippen LogP contribution in [0.3, 0.4) is 0 Å². The van der Waals surface area contributed by atoms with Crippen LogP contribution in [0.15, 0.2) is 66.7 Å². The molecule has 0 unspecified atom stereocenters. The van der Waals surface area contributed by atoms with E-state index in [0.29, 0.717) is 17.7 Å². The van der Waals surface area contributed by atoms with Crippen LogP contribution in [-0.2, 0) is 6.42 Å². The zero-order valence-corrected chi connectivity index (χ0v) is 16.6. The lowest BCUT2D eigenvalue weighted by Gasteiger charge is -2.12. The molecule has 29 heavy (non-hydrogen) atoms. The molecule has 1 aliphatic heterocycles. The van der Waals surface area contributed by atoms with E-state index in [0.717, 1.165) is 34.4 Å². The summed E-state index contributed by atoms with van der Waals surface area (Å²) in [6.07, 6.45) is 0.622. The second-order valence-electron chi connectivity index (χ2n) is 7.44. The van der Waals surface area contributed by atoms with Gasteiger partial charge in [0.25, 0.3) is 5.91 Å². The highest BCUT2D eigenvalue weighted by Crippen LogP contribution is 2.34. The summed E-state index contributed by atoms with van der Waals surface area (Å²) in [4.78, 5) is 24.3. The van der Waals surface area contributed by atoms with Gasteiger partial charge in [-0.15, -0.1) is 0 Å². The van der Waals surface area contributed by atoms with Gasteiger partial charge in [0.05, 0.1) is 6.54 Å². The Morgan fingerprint density at radius 3 is 2.55 bits per heavy atom. The Labute approximate surface area is 170 Å². The topological polar surface area (TPSA) is 55.4 Å². The summed E-state index contributed by atoms with van der Waals surface area (Å²) >= 11 is 0. The first-order valence-electron chi connectivity index (χ1n) is 9.76. The van der Waals surface area contributed by atoms with Crippen LogP contribution < -0.4 is 10.1 Å². The number of ether oxygens (including phenoxy) is 1. The molecule has 0 spiro atoms. The third-order valence-corrected chi connectivity index (χ3v) is 5.22. The molecule has 0 saturated heterocycles. The van der Waals surface area contributed by atoms with Crippen LogP contribution in [0.2, 0.25) is 0 Å². The minimum Gasteiger partial charge on any atom is -0.488 e. The molecule has 0 aliphatic carbocycles. The van der Waals surface area contributed by atoms with Crippen LogP contribution in [0, 0.1) is 6.92 Å². The van der Waals surface area contributed by atoms with E-state index in [4.69, 9.17) is 4.74 Å². The molecule has 3 aromatic carbocycles. The summed E-state index contributed by atoms with van der Waals surface area (Å²) in [5, 5.41) is 2.96. The molecule has 0 saturated carbocycles. The van der Waals surface area contributed by atoms with Gasteiger partial charge in [0.15, 0.2) is 5.78 Å². The van der Waals surface area contributed by atoms with Crippen molar-refractivity contribution >= 4 is 11.7 Å². The molecule has 1 aliphatic rings. The summed E-state index contributed by atoms with van der Waals surface area (Å²) < 4.78 is 6.00. The van der Waals surface area contributed by atoms with Crippen molar-refractivity contribution in [1.82, 2.24) is 5.32 Å². The molecular formula is C25H23NO3. The van der Waals surface area contributed by atoms with E-state index < -0.39 is 0 Å². The van der Waals surface area contributed by atoms with Gasteiger partial charge < -0.3 is 10.1 Å². The molecule has 4 heteroatoms. The lowest BCUT2D eigenvalue weighted by molar-refractivity contribution is 0.0933. The number of amides is 1. The largest absolute Gasteiger partial charge is 0.488 e. The van der Waals surface area contributed by atoms with E-state index in [1.165, 1.54) is 0 Å². The maximum absolute atomic E-state index is 12.3. The van der Waals surface area contributed by atoms with Crippen molar-refractivity contribution < 1.29 is 14.3 Å². The number of Topliss-reactive ketones (excluding diaryl/α,β-unsaturated/α-hetero) is 1.